The molecule has 1 aromatic heterocycles. The second-order valence-electron chi connectivity index (χ2n) is 4.38. The van der Waals surface area contributed by atoms with Crippen LogP contribution in [0.3, 0.4) is 0 Å². The number of ether oxygens (including phenoxy) is 1. The van der Waals surface area contributed by atoms with Crippen molar-refractivity contribution in [2.45, 2.75) is 19.5 Å². The first-order chi connectivity index (χ1) is 10.1. The molecule has 0 saturated heterocycles. The van der Waals surface area contributed by atoms with Crippen LogP contribution in [0.2, 0.25) is 0 Å². The van der Waals surface area contributed by atoms with E-state index >= 15 is 0 Å². The Morgan fingerprint density at radius 2 is 2.00 bits per heavy atom. The maximum Gasteiger partial charge on any atom is 0.387 e. The number of hydrogen-bond donors (Lipinski definition) is 1. The first kappa shape index (κ1) is 15.4. The number of benzene rings is 1. The van der Waals surface area contributed by atoms with E-state index in [9.17, 15) is 13.6 Å². The molecule has 1 heterocycles. The average molecular weight is 311 g/mol. The highest BCUT2D eigenvalue weighted by atomic mass is 32.1. The van der Waals surface area contributed by atoms with Gasteiger partial charge in [-0.3, -0.25) is 4.79 Å². The zero-order chi connectivity index (χ0) is 15.1. The maximum atomic E-state index is 12.0. The molecular formula is C15H15F2NO2S. The molecule has 0 bridgehead atoms. The number of hydrogen-bond acceptors (Lipinski definition) is 3. The molecule has 1 N–H and O–H groups in total. The second kappa shape index (κ2) is 7.73. The van der Waals surface area contributed by atoms with E-state index in [1.807, 2.05) is 17.5 Å². The van der Waals surface area contributed by atoms with Crippen molar-refractivity contribution in [2.75, 3.05) is 6.54 Å². The monoisotopic (exact) mass is 311 g/mol. The molecule has 0 saturated carbocycles. The van der Waals surface area contributed by atoms with Crippen molar-refractivity contribution in [3.63, 3.8) is 0 Å². The molecule has 0 aliphatic rings. The number of carbonyl (C=O) groups excluding carboxylic acids is 1. The van der Waals surface area contributed by atoms with Gasteiger partial charge in [-0.25, -0.2) is 0 Å². The van der Waals surface area contributed by atoms with Gasteiger partial charge in [0.25, 0.3) is 0 Å². The smallest absolute Gasteiger partial charge is 0.387 e. The van der Waals surface area contributed by atoms with Crippen molar-refractivity contribution in [3.05, 3.63) is 52.2 Å². The summed E-state index contributed by atoms with van der Waals surface area (Å²) in [4.78, 5) is 12.7. The molecule has 112 valence electrons. The SMILES string of the molecule is O=C(Cc1cccs1)NCCc1ccc(OC(F)F)cc1. The summed E-state index contributed by atoms with van der Waals surface area (Å²) in [6.45, 7) is -2.30. The molecule has 2 aromatic rings. The van der Waals surface area contributed by atoms with Crippen molar-refractivity contribution in [1.29, 1.82) is 0 Å². The minimum Gasteiger partial charge on any atom is -0.435 e. The fourth-order valence-electron chi connectivity index (χ4n) is 1.82. The van der Waals surface area contributed by atoms with E-state index in [2.05, 4.69) is 10.1 Å². The van der Waals surface area contributed by atoms with Gasteiger partial charge < -0.3 is 10.1 Å². The van der Waals surface area contributed by atoms with Crippen LogP contribution in [0.25, 0.3) is 0 Å². The quantitative estimate of drug-likeness (QED) is 0.852. The van der Waals surface area contributed by atoms with E-state index in [-0.39, 0.29) is 11.7 Å². The van der Waals surface area contributed by atoms with Crippen LogP contribution in [0.15, 0.2) is 41.8 Å². The molecule has 1 amide bonds. The highest BCUT2D eigenvalue weighted by molar-refractivity contribution is 7.10. The van der Waals surface area contributed by atoms with E-state index in [1.165, 1.54) is 12.1 Å². The van der Waals surface area contributed by atoms with Gasteiger partial charge >= 0.3 is 6.61 Å². The molecular weight excluding hydrogens is 296 g/mol. The molecule has 1 aromatic carbocycles. The summed E-state index contributed by atoms with van der Waals surface area (Å²) in [5.41, 5.74) is 0.952. The Kier molecular flexibility index (Phi) is 5.68. The summed E-state index contributed by atoms with van der Waals surface area (Å²) in [6.07, 6.45) is 1.03. The Morgan fingerprint density at radius 3 is 2.62 bits per heavy atom. The van der Waals surface area contributed by atoms with E-state index in [0.29, 0.717) is 19.4 Å². The first-order valence-corrected chi connectivity index (χ1v) is 7.34. The van der Waals surface area contributed by atoms with Crippen molar-refractivity contribution < 1.29 is 18.3 Å². The molecule has 0 radical (unpaired) electrons. The largest absolute Gasteiger partial charge is 0.435 e. The van der Waals surface area contributed by atoms with Gasteiger partial charge in [-0.15, -0.1) is 11.3 Å². The highest BCUT2D eigenvalue weighted by Crippen LogP contribution is 2.15. The summed E-state index contributed by atoms with van der Waals surface area (Å²) in [7, 11) is 0. The molecule has 3 nitrogen and oxygen atoms in total. The molecule has 0 unspecified atom stereocenters. The maximum absolute atomic E-state index is 12.0. The highest BCUT2D eigenvalue weighted by Gasteiger charge is 2.05. The van der Waals surface area contributed by atoms with E-state index in [1.54, 1.807) is 23.5 Å². The van der Waals surface area contributed by atoms with Crippen LogP contribution in [0.1, 0.15) is 10.4 Å². The number of halogens is 2. The van der Waals surface area contributed by atoms with E-state index in [4.69, 9.17) is 0 Å². The molecule has 0 aliphatic carbocycles. The van der Waals surface area contributed by atoms with Crippen LogP contribution in [0, 0.1) is 0 Å². The van der Waals surface area contributed by atoms with Crippen LogP contribution in [-0.4, -0.2) is 19.1 Å². The van der Waals surface area contributed by atoms with Gasteiger partial charge in [-0.1, -0.05) is 18.2 Å². The lowest BCUT2D eigenvalue weighted by molar-refractivity contribution is -0.120. The number of rotatable bonds is 7. The van der Waals surface area contributed by atoms with Crippen LogP contribution in [0.5, 0.6) is 5.75 Å². The number of thiophene rings is 1. The summed E-state index contributed by atoms with van der Waals surface area (Å²) in [5, 5.41) is 4.77. The normalized spacial score (nSPS) is 10.6. The Labute approximate surface area is 125 Å². The summed E-state index contributed by atoms with van der Waals surface area (Å²) in [6, 6.07) is 10.2. The van der Waals surface area contributed by atoms with Crippen molar-refractivity contribution in [3.8, 4) is 5.75 Å². The van der Waals surface area contributed by atoms with Gasteiger partial charge in [-0.05, 0) is 35.6 Å². The van der Waals surface area contributed by atoms with Gasteiger partial charge in [0.1, 0.15) is 5.75 Å². The lowest BCUT2D eigenvalue weighted by Crippen LogP contribution is -2.26. The lowest BCUT2D eigenvalue weighted by atomic mass is 10.1. The van der Waals surface area contributed by atoms with E-state index < -0.39 is 6.61 Å². The summed E-state index contributed by atoms with van der Waals surface area (Å²) in [5.74, 6) is 0.116. The summed E-state index contributed by atoms with van der Waals surface area (Å²) < 4.78 is 28.3. The lowest BCUT2D eigenvalue weighted by Gasteiger charge is -2.07. The van der Waals surface area contributed by atoms with Crippen molar-refractivity contribution >= 4 is 17.2 Å². The van der Waals surface area contributed by atoms with Crippen LogP contribution in [-0.2, 0) is 17.6 Å². The molecule has 21 heavy (non-hydrogen) atoms. The van der Waals surface area contributed by atoms with Crippen LogP contribution < -0.4 is 10.1 Å². The third kappa shape index (κ3) is 5.51. The number of nitrogens with one attached hydrogen (secondary N) is 1. The minimum atomic E-state index is -2.81. The van der Waals surface area contributed by atoms with Crippen LogP contribution >= 0.6 is 11.3 Å². The van der Waals surface area contributed by atoms with Gasteiger partial charge in [0.2, 0.25) is 5.91 Å². The number of carbonyl (C=O) groups is 1. The number of amides is 1. The van der Waals surface area contributed by atoms with Crippen LogP contribution in [0.4, 0.5) is 8.78 Å². The molecule has 0 aliphatic heterocycles. The standard InChI is InChI=1S/C15H15F2NO2S/c16-15(17)20-12-5-3-11(4-6-12)7-8-18-14(19)10-13-2-1-9-21-13/h1-6,9,15H,7-8,10H2,(H,18,19). The predicted molar refractivity (Wildman–Crippen MR) is 77.8 cm³/mol. The van der Waals surface area contributed by atoms with E-state index in [0.717, 1.165) is 10.4 Å². The third-order valence-electron chi connectivity index (χ3n) is 2.80. The topological polar surface area (TPSA) is 38.3 Å². The fourth-order valence-corrected chi connectivity index (χ4v) is 2.52. The minimum absolute atomic E-state index is 0.0184. The first-order valence-electron chi connectivity index (χ1n) is 6.46. The zero-order valence-electron chi connectivity index (χ0n) is 11.2. The third-order valence-corrected chi connectivity index (χ3v) is 3.68. The van der Waals surface area contributed by atoms with Gasteiger partial charge in [0.15, 0.2) is 0 Å². The van der Waals surface area contributed by atoms with Gasteiger partial charge in [-0.2, -0.15) is 8.78 Å². The molecule has 6 heteroatoms. The van der Waals surface area contributed by atoms with Crippen molar-refractivity contribution in [1.82, 2.24) is 5.32 Å². The Hall–Kier alpha value is -1.95. The Bertz CT molecular complexity index is 556. The molecule has 0 spiro atoms. The zero-order valence-corrected chi connectivity index (χ0v) is 12.0. The second-order valence-corrected chi connectivity index (χ2v) is 5.41. The van der Waals surface area contributed by atoms with Crippen molar-refractivity contribution in [2.24, 2.45) is 0 Å². The average Bonchev–Trinajstić information content (AvgIpc) is 2.93. The summed E-state index contributed by atoms with van der Waals surface area (Å²) >= 11 is 1.55. The molecule has 2 rings (SSSR count). The van der Waals surface area contributed by atoms with Gasteiger partial charge in [0.05, 0.1) is 6.42 Å². The molecule has 0 atom stereocenters. The number of alkyl halides is 2. The van der Waals surface area contributed by atoms with Gasteiger partial charge in [0, 0.05) is 11.4 Å². The molecule has 0 fully saturated rings. The predicted octanol–water partition coefficient (Wildman–Crippen LogP) is 3.25. The fraction of sp³-hybridized carbons (Fsp3) is 0.267. The Balaban J connectivity index is 1.71. The Morgan fingerprint density at radius 1 is 1.24 bits per heavy atom.